The van der Waals surface area contributed by atoms with Gasteiger partial charge in [-0.1, -0.05) is 19.4 Å². The van der Waals surface area contributed by atoms with Crippen molar-refractivity contribution in [3.63, 3.8) is 0 Å². The van der Waals surface area contributed by atoms with E-state index in [2.05, 4.69) is 12.2 Å². The molecule has 2 rings (SSSR count). The lowest BCUT2D eigenvalue weighted by atomic mass is 9.84. The van der Waals surface area contributed by atoms with Crippen LogP contribution in [0.3, 0.4) is 0 Å². The van der Waals surface area contributed by atoms with Crippen molar-refractivity contribution in [2.24, 2.45) is 5.92 Å². The molecule has 1 aliphatic rings. The van der Waals surface area contributed by atoms with Gasteiger partial charge in [0.2, 0.25) is 0 Å². The van der Waals surface area contributed by atoms with E-state index >= 15 is 0 Å². The van der Waals surface area contributed by atoms with Crippen LogP contribution in [-0.2, 0) is 9.84 Å². The molecule has 1 N–H and O–H groups in total. The zero-order chi connectivity index (χ0) is 13.9. The highest BCUT2D eigenvalue weighted by Crippen LogP contribution is 2.28. The van der Waals surface area contributed by atoms with E-state index in [0.29, 0.717) is 10.9 Å². The van der Waals surface area contributed by atoms with Crippen LogP contribution in [0.5, 0.6) is 0 Å². The van der Waals surface area contributed by atoms with Crippen molar-refractivity contribution in [2.45, 2.75) is 50.0 Å². The lowest BCUT2D eigenvalue weighted by Crippen LogP contribution is -2.25. The molecule has 1 fully saturated rings. The van der Waals surface area contributed by atoms with Gasteiger partial charge in [0.1, 0.15) is 0 Å². The van der Waals surface area contributed by atoms with Crippen LogP contribution in [0.2, 0.25) is 0 Å². The average Bonchev–Trinajstić information content (AvgIpc) is 2.39. The summed E-state index contributed by atoms with van der Waals surface area (Å²) in [6, 6.07) is 7.62. The number of sulfone groups is 1. The number of nitrogens with one attached hydrogen (secondary N) is 1. The summed E-state index contributed by atoms with van der Waals surface area (Å²) in [6.07, 6.45) is 7.44. The summed E-state index contributed by atoms with van der Waals surface area (Å²) in [5.41, 5.74) is 0.919. The van der Waals surface area contributed by atoms with Crippen molar-refractivity contribution in [1.29, 1.82) is 0 Å². The molecule has 0 atom stereocenters. The van der Waals surface area contributed by atoms with E-state index < -0.39 is 9.84 Å². The number of hydrogen-bond donors (Lipinski definition) is 1. The third-order valence-electron chi connectivity index (χ3n) is 4.06. The van der Waals surface area contributed by atoms with Gasteiger partial charge in [-0.15, -0.1) is 0 Å². The second-order valence-corrected chi connectivity index (χ2v) is 7.59. The summed E-state index contributed by atoms with van der Waals surface area (Å²) >= 11 is 0. The lowest BCUT2D eigenvalue weighted by Gasteiger charge is -2.29. The predicted octanol–water partition coefficient (Wildman–Crippen LogP) is 3.47. The van der Waals surface area contributed by atoms with Gasteiger partial charge in [0, 0.05) is 18.0 Å². The van der Waals surface area contributed by atoms with Gasteiger partial charge in [0.15, 0.2) is 9.84 Å². The number of hydrogen-bond acceptors (Lipinski definition) is 3. The average molecular weight is 281 g/mol. The molecule has 0 radical (unpaired) electrons. The SMILES string of the molecule is CCC1CCC(Nc2cccc(S(C)(=O)=O)c2)CC1. The second-order valence-electron chi connectivity index (χ2n) is 5.57. The Kier molecular flexibility index (Phi) is 4.50. The highest BCUT2D eigenvalue weighted by atomic mass is 32.2. The zero-order valence-electron chi connectivity index (χ0n) is 11.7. The van der Waals surface area contributed by atoms with Crippen molar-refractivity contribution < 1.29 is 8.42 Å². The van der Waals surface area contributed by atoms with Gasteiger partial charge in [-0.2, -0.15) is 0 Å². The molecule has 1 aromatic carbocycles. The molecule has 0 spiro atoms. The molecule has 1 saturated carbocycles. The van der Waals surface area contributed by atoms with Gasteiger partial charge >= 0.3 is 0 Å². The van der Waals surface area contributed by atoms with Gasteiger partial charge < -0.3 is 5.32 Å². The summed E-state index contributed by atoms with van der Waals surface area (Å²) in [5.74, 6) is 0.875. The molecular formula is C15H23NO2S. The molecule has 0 aliphatic heterocycles. The Hall–Kier alpha value is -1.03. The van der Waals surface area contributed by atoms with Gasteiger partial charge in [-0.25, -0.2) is 8.42 Å². The van der Waals surface area contributed by atoms with Crippen LogP contribution < -0.4 is 5.32 Å². The Morgan fingerprint density at radius 2 is 1.89 bits per heavy atom. The molecule has 0 aromatic heterocycles. The van der Waals surface area contributed by atoms with Crippen LogP contribution in [0, 0.1) is 5.92 Å². The molecule has 0 heterocycles. The third kappa shape index (κ3) is 3.96. The van der Waals surface area contributed by atoms with Crippen molar-refractivity contribution >= 4 is 15.5 Å². The van der Waals surface area contributed by atoms with E-state index in [1.807, 2.05) is 6.07 Å². The maximum absolute atomic E-state index is 11.5. The lowest BCUT2D eigenvalue weighted by molar-refractivity contribution is 0.330. The van der Waals surface area contributed by atoms with Crippen LogP contribution >= 0.6 is 0 Å². The molecular weight excluding hydrogens is 258 g/mol. The Morgan fingerprint density at radius 1 is 1.21 bits per heavy atom. The Balaban J connectivity index is 2.00. The van der Waals surface area contributed by atoms with Gasteiger partial charge in [-0.05, 0) is 49.8 Å². The Labute approximate surface area is 116 Å². The fourth-order valence-corrected chi connectivity index (χ4v) is 3.43. The van der Waals surface area contributed by atoms with E-state index in [1.165, 1.54) is 38.4 Å². The minimum Gasteiger partial charge on any atom is -0.382 e. The molecule has 0 amide bonds. The first kappa shape index (κ1) is 14.4. The molecule has 1 aromatic rings. The normalized spacial score (nSPS) is 24.1. The van der Waals surface area contributed by atoms with Crippen molar-refractivity contribution in [2.75, 3.05) is 11.6 Å². The quantitative estimate of drug-likeness (QED) is 0.919. The van der Waals surface area contributed by atoms with Crippen LogP contribution in [-0.4, -0.2) is 20.7 Å². The fraction of sp³-hybridized carbons (Fsp3) is 0.600. The number of rotatable bonds is 4. The second kappa shape index (κ2) is 5.95. The number of anilines is 1. The van der Waals surface area contributed by atoms with E-state index in [-0.39, 0.29) is 0 Å². The van der Waals surface area contributed by atoms with Crippen LogP contribution in [0.15, 0.2) is 29.2 Å². The minimum absolute atomic E-state index is 0.389. The van der Waals surface area contributed by atoms with Crippen molar-refractivity contribution in [3.05, 3.63) is 24.3 Å². The van der Waals surface area contributed by atoms with Gasteiger partial charge in [0.25, 0.3) is 0 Å². The highest BCUT2D eigenvalue weighted by Gasteiger charge is 2.19. The van der Waals surface area contributed by atoms with Crippen LogP contribution in [0.4, 0.5) is 5.69 Å². The minimum atomic E-state index is -3.12. The highest BCUT2D eigenvalue weighted by molar-refractivity contribution is 7.90. The summed E-state index contributed by atoms with van der Waals surface area (Å²) in [6.45, 7) is 2.26. The van der Waals surface area contributed by atoms with E-state index in [9.17, 15) is 8.42 Å². The molecule has 0 bridgehead atoms. The monoisotopic (exact) mass is 281 g/mol. The first-order chi connectivity index (χ1) is 8.99. The predicted molar refractivity (Wildman–Crippen MR) is 79.2 cm³/mol. The Bertz CT molecular complexity index is 517. The molecule has 0 unspecified atom stereocenters. The third-order valence-corrected chi connectivity index (χ3v) is 5.17. The van der Waals surface area contributed by atoms with Crippen molar-refractivity contribution in [3.8, 4) is 0 Å². The zero-order valence-corrected chi connectivity index (χ0v) is 12.5. The summed E-state index contributed by atoms with van der Waals surface area (Å²) in [7, 11) is -3.12. The van der Waals surface area contributed by atoms with Gasteiger partial charge in [-0.3, -0.25) is 0 Å². The van der Waals surface area contributed by atoms with Crippen molar-refractivity contribution in [1.82, 2.24) is 0 Å². The Morgan fingerprint density at radius 3 is 2.47 bits per heavy atom. The van der Waals surface area contributed by atoms with Gasteiger partial charge in [0.05, 0.1) is 4.90 Å². The van der Waals surface area contributed by atoms with Crippen LogP contribution in [0.25, 0.3) is 0 Å². The molecule has 4 heteroatoms. The van der Waals surface area contributed by atoms with E-state index in [4.69, 9.17) is 0 Å². The number of benzene rings is 1. The first-order valence-corrected chi connectivity index (χ1v) is 8.95. The molecule has 1 aliphatic carbocycles. The first-order valence-electron chi connectivity index (χ1n) is 7.05. The fourth-order valence-electron chi connectivity index (χ4n) is 2.77. The summed E-state index contributed by atoms with van der Waals surface area (Å²) in [4.78, 5) is 0.389. The molecule has 106 valence electrons. The maximum atomic E-state index is 11.5. The topological polar surface area (TPSA) is 46.2 Å². The smallest absolute Gasteiger partial charge is 0.175 e. The molecule has 19 heavy (non-hydrogen) atoms. The standard InChI is InChI=1S/C15H23NO2S/c1-3-12-7-9-13(10-8-12)16-14-5-4-6-15(11-14)19(2,17)18/h4-6,11-13,16H,3,7-10H2,1-2H3. The summed E-state index contributed by atoms with van der Waals surface area (Å²) in [5, 5.41) is 3.47. The molecule has 0 saturated heterocycles. The summed E-state index contributed by atoms with van der Waals surface area (Å²) < 4.78 is 23.1. The maximum Gasteiger partial charge on any atom is 0.175 e. The van der Waals surface area contributed by atoms with E-state index in [0.717, 1.165) is 11.6 Å². The molecule has 3 nitrogen and oxygen atoms in total. The van der Waals surface area contributed by atoms with Crippen LogP contribution in [0.1, 0.15) is 39.0 Å². The van der Waals surface area contributed by atoms with E-state index in [1.54, 1.807) is 18.2 Å². The largest absolute Gasteiger partial charge is 0.382 e.